The van der Waals surface area contributed by atoms with Crippen molar-refractivity contribution in [3.05, 3.63) is 64.5 Å². The third kappa shape index (κ3) is 4.74. The lowest BCUT2D eigenvalue weighted by Crippen LogP contribution is -2.41. The summed E-state index contributed by atoms with van der Waals surface area (Å²) in [5.41, 5.74) is 1.31. The maximum absolute atomic E-state index is 13.3. The number of amides is 1. The number of nitrogens with zero attached hydrogens (tertiary/aromatic N) is 3. The van der Waals surface area contributed by atoms with Crippen molar-refractivity contribution in [3.8, 4) is 5.69 Å². The molecule has 0 aliphatic heterocycles. The zero-order chi connectivity index (χ0) is 21.8. The highest BCUT2D eigenvalue weighted by atomic mass is 32.1. The fourth-order valence-electron chi connectivity index (χ4n) is 3.90. The molecule has 1 fully saturated rings. The number of nitrogens with one attached hydrogen (secondary N) is 2. The molecule has 1 aliphatic carbocycles. The molecule has 2 aromatic heterocycles. The molecule has 0 saturated heterocycles. The molecule has 1 aliphatic rings. The van der Waals surface area contributed by atoms with Gasteiger partial charge >= 0.3 is 0 Å². The molecule has 0 spiro atoms. The second kappa shape index (κ2) is 9.26. The Morgan fingerprint density at radius 1 is 1.16 bits per heavy atom. The average Bonchev–Trinajstić information content (AvgIpc) is 3.47. The molecule has 0 radical (unpaired) electrons. The maximum atomic E-state index is 13.3. The van der Waals surface area contributed by atoms with E-state index in [2.05, 4.69) is 0 Å². The zero-order valence-electron chi connectivity index (χ0n) is 17.4. The Morgan fingerprint density at radius 2 is 1.97 bits per heavy atom. The van der Waals surface area contributed by atoms with Gasteiger partial charge in [-0.2, -0.15) is 0 Å². The van der Waals surface area contributed by atoms with Crippen LogP contribution in [-0.4, -0.2) is 33.5 Å². The number of hydrogen-bond acceptors (Lipinski definition) is 6. The molecular formula is C23H25N5O2S. The van der Waals surface area contributed by atoms with Crippen LogP contribution in [-0.2, 0) is 4.74 Å². The smallest absolute Gasteiger partial charge is 0.269 e. The van der Waals surface area contributed by atoms with Gasteiger partial charge in [-0.05, 0) is 42.5 Å². The van der Waals surface area contributed by atoms with Gasteiger partial charge in [0.1, 0.15) is 0 Å². The summed E-state index contributed by atoms with van der Waals surface area (Å²) in [4.78, 5) is 15.9. The van der Waals surface area contributed by atoms with E-state index in [0.29, 0.717) is 11.4 Å². The molecule has 1 saturated carbocycles. The summed E-state index contributed by atoms with van der Waals surface area (Å²) < 4.78 is 6.82. The van der Waals surface area contributed by atoms with Crippen molar-refractivity contribution >= 4 is 34.9 Å². The van der Waals surface area contributed by atoms with Gasteiger partial charge in [-0.3, -0.25) is 20.5 Å². The lowest BCUT2D eigenvalue weighted by molar-refractivity contribution is 0.0973. The highest BCUT2D eigenvalue weighted by Gasteiger charge is 2.30. The molecule has 0 unspecified atom stereocenters. The van der Waals surface area contributed by atoms with Gasteiger partial charge in [-0.15, -0.1) is 16.4 Å². The van der Waals surface area contributed by atoms with E-state index in [1.165, 1.54) is 24.7 Å². The second-order valence-corrected chi connectivity index (χ2v) is 8.55. The summed E-state index contributed by atoms with van der Waals surface area (Å²) in [6, 6.07) is 13.0. The summed E-state index contributed by atoms with van der Waals surface area (Å²) in [5, 5.41) is 22.1. The summed E-state index contributed by atoms with van der Waals surface area (Å²) >= 11 is 1.45. The van der Waals surface area contributed by atoms with Crippen molar-refractivity contribution in [2.45, 2.75) is 45.1 Å². The number of carbonyl (C=O) groups excluding carboxylic acids is 1. The summed E-state index contributed by atoms with van der Waals surface area (Å²) in [7, 11) is 0. The molecule has 0 bridgehead atoms. The molecule has 160 valence electrons. The van der Waals surface area contributed by atoms with E-state index in [4.69, 9.17) is 20.7 Å². The van der Waals surface area contributed by atoms with E-state index in [-0.39, 0.29) is 23.7 Å². The molecule has 2 heterocycles. The monoisotopic (exact) mass is 435 g/mol. The number of benzene rings is 1. The van der Waals surface area contributed by atoms with E-state index >= 15 is 0 Å². The van der Waals surface area contributed by atoms with E-state index < -0.39 is 0 Å². The third-order valence-electron chi connectivity index (χ3n) is 5.34. The van der Waals surface area contributed by atoms with Crippen LogP contribution < -0.4 is 4.90 Å². The first-order valence-electron chi connectivity index (χ1n) is 10.4. The molecule has 3 aromatic rings. The minimum Gasteiger partial charge on any atom is -0.426 e. The van der Waals surface area contributed by atoms with Gasteiger partial charge in [0.15, 0.2) is 11.7 Å². The first-order valence-corrected chi connectivity index (χ1v) is 11.3. The molecule has 8 heteroatoms. The predicted molar refractivity (Wildman–Crippen MR) is 123 cm³/mol. The number of aromatic nitrogens is 2. The van der Waals surface area contributed by atoms with E-state index in [1.54, 1.807) is 16.8 Å². The van der Waals surface area contributed by atoms with Gasteiger partial charge in [-0.25, -0.2) is 4.68 Å². The average molecular weight is 436 g/mol. The van der Waals surface area contributed by atoms with E-state index in [1.807, 2.05) is 46.8 Å². The molecule has 7 nitrogen and oxygen atoms in total. The molecular weight excluding hydrogens is 410 g/mol. The molecule has 31 heavy (non-hydrogen) atoms. The van der Waals surface area contributed by atoms with Gasteiger partial charge < -0.3 is 4.74 Å². The zero-order valence-corrected chi connectivity index (χ0v) is 18.2. The Labute approximate surface area is 185 Å². The van der Waals surface area contributed by atoms with Crippen LogP contribution in [0.15, 0.2) is 54.0 Å². The van der Waals surface area contributed by atoms with E-state index in [9.17, 15) is 4.79 Å². The Bertz CT molecular complexity index is 1080. The molecule has 1 aromatic carbocycles. The lowest BCUT2D eigenvalue weighted by atomic mass is 9.94. The van der Waals surface area contributed by atoms with Gasteiger partial charge in [0.25, 0.3) is 5.91 Å². The molecule has 0 atom stereocenters. The quantitative estimate of drug-likeness (QED) is 0.423. The van der Waals surface area contributed by atoms with Crippen LogP contribution >= 0.6 is 11.3 Å². The highest BCUT2D eigenvalue weighted by Crippen LogP contribution is 2.29. The SMILES string of the molecule is CC(=N)OC(=N)c1cccc(-n2ccc(N(C(=O)c3cccs3)C3CCCCC3)n2)c1. The topological polar surface area (TPSA) is 95.1 Å². The van der Waals surface area contributed by atoms with Crippen molar-refractivity contribution in [1.29, 1.82) is 10.8 Å². The number of carbonyl (C=O) groups is 1. The predicted octanol–water partition coefficient (Wildman–Crippen LogP) is 5.25. The normalized spacial score (nSPS) is 14.2. The van der Waals surface area contributed by atoms with Gasteiger partial charge in [0.2, 0.25) is 5.90 Å². The van der Waals surface area contributed by atoms with Crippen molar-refractivity contribution in [3.63, 3.8) is 0 Å². The third-order valence-corrected chi connectivity index (χ3v) is 6.20. The van der Waals surface area contributed by atoms with Crippen LogP contribution in [0.5, 0.6) is 0 Å². The summed E-state index contributed by atoms with van der Waals surface area (Å²) in [5.74, 6) is 0.514. The standard InChI is InChI=1S/C23H25N5O2S/c1-16(24)30-22(25)17-7-5-10-19(15-17)27-13-12-21(26-27)28(18-8-3-2-4-9-18)23(29)20-11-6-14-31-20/h5-7,10-15,18,24-25H,2-4,8-9H2,1H3. The Hall–Kier alpha value is -3.26. The Kier molecular flexibility index (Phi) is 6.27. The number of thiophene rings is 1. The number of ether oxygens (including phenoxy) is 1. The van der Waals surface area contributed by atoms with Crippen LogP contribution in [0.25, 0.3) is 5.69 Å². The molecule has 1 amide bonds. The molecule has 2 N–H and O–H groups in total. The summed E-state index contributed by atoms with van der Waals surface area (Å²) in [6.45, 7) is 1.49. The Morgan fingerprint density at radius 3 is 2.68 bits per heavy atom. The van der Waals surface area contributed by atoms with Crippen LogP contribution in [0.4, 0.5) is 5.82 Å². The van der Waals surface area contributed by atoms with Gasteiger partial charge in [0.05, 0.1) is 10.6 Å². The van der Waals surface area contributed by atoms with Gasteiger partial charge in [-0.1, -0.05) is 31.4 Å². The second-order valence-electron chi connectivity index (χ2n) is 7.60. The first-order chi connectivity index (χ1) is 15.0. The maximum Gasteiger partial charge on any atom is 0.269 e. The van der Waals surface area contributed by atoms with Crippen LogP contribution in [0.1, 0.15) is 54.3 Å². The minimum absolute atomic E-state index is 0.00228. The number of rotatable bonds is 5. The van der Waals surface area contributed by atoms with Gasteiger partial charge in [0, 0.05) is 30.8 Å². The van der Waals surface area contributed by atoms with Crippen molar-refractivity contribution < 1.29 is 9.53 Å². The van der Waals surface area contributed by atoms with Crippen molar-refractivity contribution in [1.82, 2.24) is 9.78 Å². The lowest BCUT2D eigenvalue weighted by Gasteiger charge is -2.32. The number of anilines is 1. The fourth-order valence-corrected chi connectivity index (χ4v) is 4.56. The highest BCUT2D eigenvalue weighted by molar-refractivity contribution is 7.12. The summed E-state index contributed by atoms with van der Waals surface area (Å²) in [6.07, 6.45) is 7.25. The fraction of sp³-hybridized carbons (Fsp3) is 0.304. The Balaban J connectivity index is 1.64. The first kappa shape index (κ1) is 21.0. The number of hydrogen-bond donors (Lipinski definition) is 2. The van der Waals surface area contributed by atoms with Crippen LogP contribution in [0.3, 0.4) is 0 Å². The van der Waals surface area contributed by atoms with E-state index in [0.717, 1.165) is 36.2 Å². The molecule has 4 rings (SSSR count). The minimum atomic E-state index is -0.0848. The van der Waals surface area contributed by atoms with Crippen molar-refractivity contribution in [2.24, 2.45) is 0 Å². The largest absolute Gasteiger partial charge is 0.426 e. The van der Waals surface area contributed by atoms with Crippen LogP contribution in [0.2, 0.25) is 0 Å². The van der Waals surface area contributed by atoms with Crippen LogP contribution in [0, 0.1) is 10.8 Å². The van der Waals surface area contributed by atoms with Crippen molar-refractivity contribution in [2.75, 3.05) is 4.90 Å².